The molecule has 1 N–H and O–H groups in total. The number of carbonyl (C=O) groups excluding carboxylic acids is 1. The Bertz CT molecular complexity index is 956. The Morgan fingerprint density at radius 3 is 2.67 bits per heavy atom. The summed E-state index contributed by atoms with van der Waals surface area (Å²) in [4.78, 5) is 16.5. The van der Waals surface area contributed by atoms with Crippen molar-refractivity contribution in [2.24, 2.45) is 0 Å². The number of nitrogens with zero attached hydrogens (tertiary/aromatic N) is 2. The molecule has 2 aromatic carbocycles. The summed E-state index contributed by atoms with van der Waals surface area (Å²) in [5.41, 5.74) is 1.51. The molecule has 138 valence electrons. The van der Waals surface area contributed by atoms with Gasteiger partial charge in [-0.2, -0.15) is 4.98 Å². The molecule has 27 heavy (non-hydrogen) atoms. The fraction of sp³-hybridized carbons (Fsp3) is 0.211. The van der Waals surface area contributed by atoms with E-state index in [4.69, 9.17) is 14.0 Å². The van der Waals surface area contributed by atoms with Gasteiger partial charge >= 0.3 is 0 Å². The molecule has 7 nitrogen and oxygen atoms in total. The number of amides is 1. The fourth-order valence-corrected chi connectivity index (χ4v) is 2.90. The van der Waals surface area contributed by atoms with Gasteiger partial charge in [-0.3, -0.25) is 4.79 Å². The molecule has 0 saturated heterocycles. The molecule has 0 fully saturated rings. The maximum Gasteiger partial charge on any atom is 0.227 e. The molecule has 0 bridgehead atoms. The third-order valence-corrected chi connectivity index (χ3v) is 4.49. The van der Waals surface area contributed by atoms with E-state index in [1.54, 1.807) is 18.2 Å². The van der Waals surface area contributed by atoms with E-state index in [2.05, 4.69) is 31.4 Å². The smallest absolute Gasteiger partial charge is 0.227 e. The highest BCUT2D eigenvalue weighted by Crippen LogP contribution is 2.32. The first kappa shape index (κ1) is 17.5. The van der Waals surface area contributed by atoms with Crippen molar-refractivity contribution >= 4 is 27.5 Å². The van der Waals surface area contributed by atoms with Gasteiger partial charge in [0.25, 0.3) is 0 Å². The average molecular weight is 430 g/mol. The van der Waals surface area contributed by atoms with E-state index >= 15 is 0 Å². The van der Waals surface area contributed by atoms with Crippen molar-refractivity contribution in [1.82, 2.24) is 10.1 Å². The molecule has 0 spiro atoms. The topological polar surface area (TPSA) is 86.5 Å². The number of nitrogens with one attached hydrogen (secondary N) is 1. The molecular weight excluding hydrogens is 414 g/mol. The van der Waals surface area contributed by atoms with Gasteiger partial charge in [-0.05, 0) is 36.4 Å². The molecule has 0 saturated carbocycles. The number of aryl methyl sites for hydroxylation is 1. The number of fused-ring (bicyclic) bond motifs is 1. The number of hydrogen-bond donors (Lipinski definition) is 1. The second-order valence-corrected chi connectivity index (χ2v) is 6.84. The second-order valence-electron chi connectivity index (χ2n) is 5.93. The van der Waals surface area contributed by atoms with Gasteiger partial charge in [-0.15, -0.1) is 0 Å². The van der Waals surface area contributed by atoms with E-state index < -0.39 is 0 Å². The van der Waals surface area contributed by atoms with Gasteiger partial charge in [-0.25, -0.2) is 0 Å². The van der Waals surface area contributed by atoms with Crippen LogP contribution in [-0.2, 0) is 11.2 Å². The summed E-state index contributed by atoms with van der Waals surface area (Å²) in [6, 6.07) is 12.9. The lowest BCUT2D eigenvalue weighted by Gasteiger charge is -2.18. The minimum Gasteiger partial charge on any atom is -0.486 e. The zero-order valence-corrected chi connectivity index (χ0v) is 15.9. The lowest BCUT2D eigenvalue weighted by Crippen LogP contribution is -2.16. The maximum absolute atomic E-state index is 12.2. The first-order valence-corrected chi connectivity index (χ1v) is 9.25. The van der Waals surface area contributed by atoms with Crippen LogP contribution in [0.15, 0.2) is 51.5 Å². The summed E-state index contributed by atoms with van der Waals surface area (Å²) in [6.07, 6.45) is 0.594. The summed E-state index contributed by atoms with van der Waals surface area (Å²) < 4.78 is 17.2. The van der Waals surface area contributed by atoms with Crippen LogP contribution in [0.4, 0.5) is 5.69 Å². The van der Waals surface area contributed by atoms with Crippen LogP contribution in [0.2, 0.25) is 0 Å². The molecule has 0 unspecified atom stereocenters. The van der Waals surface area contributed by atoms with Gasteiger partial charge in [0, 0.05) is 34.6 Å². The predicted octanol–water partition coefficient (Wildman–Crippen LogP) is 3.84. The summed E-state index contributed by atoms with van der Waals surface area (Å²) in [6.45, 7) is 1.04. The van der Waals surface area contributed by atoms with Crippen LogP contribution in [0.3, 0.4) is 0 Å². The van der Waals surface area contributed by atoms with Gasteiger partial charge < -0.3 is 19.3 Å². The van der Waals surface area contributed by atoms with Crippen LogP contribution >= 0.6 is 15.9 Å². The predicted molar refractivity (Wildman–Crippen MR) is 102 cm³/mol. The Labute approximate surface area is 163 Å². The fourth-order valence-electron chi connectivity index (χ4n) is 2.64. The van der Waals surface area contributed by atoms with E-state index in [0.29, 0.717) is 48.5 Å². The summed E-state index contributed by atoms with van der Waals surface area (Å²) >= 11 is 3.39. The standard InChI is InChI=1S/C19H16BrN3O4/c20-13-3-1-12(2-4-13)19-22-18(27-23-19)8-7-17(24)21-14-5-6-15-16(11-14)26-10-9-25-15/h1-6,11H,7-10H2,(H,21,24). The second kappa shape index (κ2) is 7.79. The highest BCUT2D eigenvalue weighted by Gasteiger charge is 2.14. The molecule has 1 aliphatic rings. The Morgan fingerprint density at radius 2 is 1.85 bits per heavy atom. The highest BCUT2D eigenvalue weighted by atomic mass is 79.9. The Hall–Kier alpha value is -2.87. The first-order valence-electron chi connectivity index (χ1n) is 8.45. The number of anilines is 1. The zero-order chi connectivity index (χ0) is 18.6. The number of halogens is 1. The van der Waals surface area contributed by atoms with Crippen molar-refractivity contribution in [3.63, 3.8) is 0 Å². The average Bonchev–Trinajstić information content (AvgIpc) is 3.16. The van der Waals surface area contributed by atoms with Crippen molar-refractivity contribution in [1.29, 1.82) is 0 Å². The minimum absolute atomic E-state index is 0.143. The third kappa shape index (κ3) is 4.28. The van der Waals surface area contributed by atoms with Crippen LogP contribution in [-0.4, -0.2) is 29.3 Å². The van der Waals surface area contributed by atoms with Crippen molar-refractivity contribution < 1.29 is 18.8 Å². The summed E-state index contributed by atoms with van der Waals surface area (Å²) in [7, 11) is 0. The Kier molecular flexibility index (Phi) is 5.06. The lowest BCUT2D eigenvalue weighted by molar-refractivity contribution is -0.116. The number of aromatic nitrogens is 2. The summed E-state index contributed by atoms with van der Waals surface area (Å²) in [5, 5.41) is 6.80. The largest absolute Gasteiger partial charge is 0.486 e. The molecule has 1 aliphatic heterocycles. The Balaban J connectivity index is 1.34. The van der Waals surface area contributed by atoms with Gasteiger partial charge in [-0.1, -0.05) is 21.1 Å². The SMILES string of the molecule is O=C(CCc1nc(-c2ccc(Br)cc2)no1)Nc1ccc2c(c1)OCCO2. The van der Waals surface area contributed by atoms with E-state index in [1.165, 1.54) is 0 Å². The molecule has 0 atom stereocenters. The van der Waals surface area contributed by atoms with Gasteiger partial charge in [0.05, 0.1) is 0 Å². The van der Waals surface area contributed by atoms with Crippen LogP contribution < -0.4 is 14.8 Å². The number of rotatable bonds is 5. The Morgan fingerprint density at radius 1 is 1.07 bits per heavy atom. The number of ether oxygens (including phenoxy) is 2. The zero-order valence-electron chi connectivity index (χ0n) is 14.3. The van der Waals surface area contributed by atoms with Crippen molar-refractivity contribution in [3.8, 4) is 22.9 Å². The molecule has 4 rings (SSSR count). The molecule has 8 heteroatoms. The minimum atomic E-state index is -0.143. The molecule has 1 amide bonds. The van der Waals surface area contributed by atoms with E-state index in [1.807, 2.05) is 24.3 Å². The molecule has 0 radical (unpaired) electrons. The number of carbonyl (C=O) groups is 1. The van der Waals surface area contributed by atoms with E-state index in [0.717, 1.165) is 10.0 Å². The maximum atomic E-state index is 12.2. The first-order chi connectivity index (χ1) is 13.2. The lowest BCUT2D eigenvalue weighted by atomic mass is 10.2. The van der Waals surface area contributed by atoms with Crippen LogP contribution in [0.1, 0.15) is 12.3 Å². The number of hydrogen-bond acceptors (Lipinski definition) is 6. The van der Waals surface area contributed by atoms with Crippen molar-refractivity contribution in [2.45, 2.75) is 12.8 Å². The van der Waals surface area contributed by atoms with Gasteiger partial charge in [0.2, 0.25) is 17.6 Å². The highest BCUT2D eigenvalue weighted by molar-refractivity contribution is 9.10. The van der Waals surface area contributed by atoms with E-state index in [9.17, 15) is 4.79 Å². The van der Waals surface area contributed by atoms with Gasteiger partial charge in [0.15, 0.2) is 11.5 Å². The van der Waals surface area contributed by atoms with E-state index in [-0.39, 0.29) is 12.3 Å². The van der Waals surface area contributed by atoms with Crippen LogP contribution in [0.5, 0.6) is 11.5 Å². The third-order valence-electron chi connectivity index (χ3n) is 3.96. The molecular formula is C19H16BrN3O4. The monoisotopic (exact) mass is 429 g/mol. The molecule has 0 aliphatic carbocycles. The number of benzene rings is 2. The molecule has 2 heterocycles. The normalized spacial score (nSPS) is 12.6. The van der Waals surface area contributed by atoms with Crippen molar-refractivity contribution in [2.75, 3.05) is 18.5 Å². The quantitative estimate of drug-likeness (QED) is 0.662. The van der Waals surface area contributed by atoms with Crippen molar-refractivity contribution in [3.05, 3.63) is 52.8 Å². The molecule has 3 aromatic rings. The molecule has 1 aromatic heterocycles. The van der Waals surface area contributed by atoms with Crippen LogP contribution in [0, 0.1) is 0 Å². The summed E-state index contributed by atoms with van der Waals surface area (Å²) in [5.74, 6) is 2.10. The van der Waals surface area contributed by atoms with Crippen LogP contribution in [0.25, 0.3) is 11.4 Å². The van der Waals surface area contributed by atoms with Gasteiger partial charge in [0.1, 0.15) is 13.2 Å².